The van der Waals surface area contributed by atoms with Crippen molar-refractivity contribution in [1.29, 1.82) is 0 Å². The summed E-state index contributed by atoms with van der Waals surface area (Å²) in [5.41, 5.74) is 2.76. The van der Waals surface area contributed by atoms with Crippen LogP contribution >= 0.6 is 24.8 Å². The molecule has 0 radical (unpaired) electrons. The van der Waals surface area contributed by atoms with Crippen LogP contribution in [0, 0.1) is 5.82 Å². The van der Waals surface area contributed by atoms with Gasteiger partial charge in [0.1, 0.15) is 5.82 Å². The lowest BCUT2D eigenvalue weighted by Crippen LogP contribution is -2.25. The largest absolute Gasteiger partial charge is 0.369 e. The first-order valence-electron chi connectivity index (χ1n) is 8.06. The Morgan fingerprint density at radius 2 is 1.68 bits per heavy atom. The predicted molar refractivity (Wildman–Crippen MR) is 105 cm³/mol. The van der Waals surface area contributed by atoms with Gasteiger partial charge >= 0.3 is 0 Å². The van der Waals surface area contributed by atoms with Gasteiger partial charge in [-0.2, -0.15) is 0 Å². The molecule has 6 heteroatoms. The molecule has 1 fully saturated rings. The first-order chi connectivity index (χ1) is 11.2. The predicted octanol–water partition coefficient (Wildman–Crippen LogP) is 4.59. The second-order valence-electron chi connectivity index (χ2n) is 5.87. The number of anilines is 1. The van der Waals surface area contributed by atoms with E-state index in [-0.39, 0.29) is 36.5 Å². The van der Waals surface area contributed by atoms with Crippen molar-refractivity contribution >= 4 is 36.4 Å². The smallest absolute Gasteiger partial charge is 0.251 e. The molecule has 0 bridgehead atoms. The lowest BCUT2D eigenvalue weighted by Gasteiger charge is -2.22. The molecule has 0 spiro atoms. The van der Waals surface area contributed by atoms with Gasteiger partial charge < -0.3 is 10.2 Å². The third-order valence-electron chi connectivity index (χ3n) is 4.16. The minimum absolute atomic E-state index is 0. The lowest BCUT2D eigenvalue weighted by atomic mass is 10.1. The number of rotatable bonds is 6. The minimum atomic E-state index is -0.340. The summed E-state index contributed by atoms with van der Waals surface area (Å²) in [5, 5.41) is 2.86. The third kappa shape index (κ3) is 5.62. The Hall–Kier alpha value is -1.78. The Kier molecular flexibility index (Phi) is 8.20. The highest BCUT2D eigenvalue weighted by Crippen LogP contribution is 2.31. The molecule has 3 rings (SSSR count). The van der Waals surface area contributed by atoms with E-state index < -0.39 is 0 Å². The maximum absolute atomic E-state index is 12.9. The minimum Gasteiger partial charge on any atom is -0.369 e. The van der Waals surface area contributed by atoms with Crippen molar-refractivity contribution in [1.82, 2.24) is 5.32 Å². The summed E-state index contributed by atoms with van der Waals surface area (Å²) in [6, 6.07) is 14.6. The molecule has 1 saturated carbocycles. The lowest BCUT2D eigenvalue weighted by molar-refractivity contribution is 0.0951. The molecule has 0 atom stereocenters. The van der Waals surface area contributed by atoms with E-state index in [9.17, 15) is 9.18 Å². The van der Waals surface area contributed by atoms with Crippen LogP contribution in [0.1, 0.15) is 35.7 Å². The van der Waals surface area contributed by atoms with E-state index in [1.807, 2.05) is 12.1 Å². The molecule has 0 saturated heterocycles. The van der Waals surface area contributed by atoms with Crippen LogP contribution in [-0.2, 0) is 6.54 Å². The molecule has 0 unspecified atom stereocenters. The second kappa shape index (κ2) is 9.64. The normalized spacial score (nSPS) is 12.6. The average molecular weight is 385 g/mol. The number of carbonyl (C=O) groups excluding carboxylic acids is 1. The van der Waals surface area contributed by atoms with Crippen LogP contribution in [0.3, 0.4) is 0 Å². The van der Waals surface area contributed by atoms with Gasteiger partial charge in [-0.3, -0.25) is 4.79 Å². The highest BCUT2D eigenvalue weighted by Gasteiger charge is 2.27. The van der Waals surface area contributed by atoms with Crippen molar-refractivity contribution in [2.24, 2.45) is 0 Å². The molecule has 3 nitrogen and oxygen atoms in total. The van der Waals surface area contributed by atoms with Crippen molar-refractivity contribution < 1.29 is 9.18 Å². The van der Waals surface area contributed by atoms with Crippen LogP contribution in [0.25, 0.3) is 0 Å². The van der Waals surface area contributed by atoms with E-state index in [4.69, 9.17) is 0 Å². The van der Waals surface area contributed by atoms with Crippen LogP contribution in [0.4, 0.5) is 10.1 Å². The SMILES string of the molecule is CCN(c1ccc(CNC(=O)c2ccc(F)cc2)cc1)C1CC1.Cl.Cl. The molecule has 1 amide bonds. The van der Waals surface area contributed by atoms with E-state index >= 15 is 0 Å². The van der Waals surface area contributed by atoms with E-state index in [1.165, 1.54) is 42.8 Å². The van der Waals surface area contributed by atoms with Crippen molar-refractivity contribution in [2.45, 2.75) is 32.4 Å². The summed E-state index contributed by atoms with van der Waals surface area (Å²) in [5.74, 6) is -0.532. The van der Waals surface area contributed by atoms with Gasteiger partial charge in [0.05, 0.1) is 0 Å². The molecular formula is C19H23Cl2FN2O. The van der Waals surface area contributed by atoms with Gasteiger partial charge in [0.15, 0.2) is 0 Å². The molecule has 1 aliphatic carbocycles. The van der Waals surface area contributed by atoms with Crippen molar-refractivity contribution in [3.8, 4) is 0 Å². The zero-order chi connectivity index (χ0) is 16.2. The number of hydrogen-bond donors (Lipinski definition) is 1. The van der Waals surface area contributed by atoms with Gasteiger partial charge in [-0.15, -0.1) is 24.8 Å². The van der Waals surface area contributed by atoms with E-state index in [0.29, 0.717) is 18.2 Å². The van der Waals surface area contributed by atoms with Gasteiger partial charge in [0.25, 0.3) is 5.91 Å². The number of carbonyl (C=O) groups is 1. The molecule has 0 heterocycles. The van der Waals surface area contributed by atoms with Crippen LogP contribution in [0.5, 0.6) is 0 Å². The molecule has 25 heavy (non-hydrogen) atoms. The maximum Gasteiger partial charge on any atom is 0.251 e. The maximum atomic E-state index is 12.9. The van der Waals surface area contributed by atoms with Gasteiger partial charge in [-0.05, 0) is 61.7 Å². The summed E-state index contributed by atoms with van der Waals surface area (Å²) >= 11 is 0. The topological polar surface area (TPSA) is 32.3 Å². The van der Waals surface area contributed by atoms with Gasteiger partial charge in [0, 0.05) is 30.4 Å². The molecule has 0 aromatic heterocycles. The van der Waals surface area contributed by atoms with E-state index in [0.717, 1.165) is 12.1 Å². The Morgan fingerprint density at radius 3 is 2.20 bits per heavy atom. The number of hydrogen-bond acceptors (Lipinski definition) is 2. The average Bonchev–Trinajstić information content (AvgIpc) is 3.40. The Balaban J connectivity index is 0.00000156. The summed E-state index contributed by atoms with van der Waals surface area (Å²) in [6.45, 7) is 3.66. The Morgan fingerprint density at radius 1 is 1.08 bits per heavy atom. The highest BCUT2D eigenvalue weighted by molar-refractivity contribution is 5.94. The number of nitrogens with zero attached hydrogens (tertiary/aromatic N) is 1. The summed E-state index contributed by atoms with van der Waals surface area (Å²) in [7, 11) is 0. The summed E-state index contributed by atoms with van der Waals surface area (Å²) in [6.07, 6.45) is 2.56. The van der Waals surface area contributed by atoms with Crippen molar-refractivity contribution in [2.75, 3.05) is 11.4 Å². The Labute approximate surface area is 160 Å². The molecule has 1 N–H and O–H groups in total. The van der Waals surface area contributed by atoms with Gasteiger partial charge in [-0.1, -0.05) is 12.1 Å². The highest BCUT2D eigenvalue weighted by atomic mass is 35.5. The number of benzene rings is 2. The summed E-state index contributed by atoms with van der Waals surface area (Å²) < 4.78 is 12.9. The van der Waals surface area contributed by atoms with Gasteiger partial charge in [0.2, 0.25) is 0 Å². The number of nitrogens with one attached hydrogen (secondary N) is 1. The molecule has 0 aliphatic heterocycles. The first-order valence-corrected chi connectivity index (χ1v) is 8.06. The van der Waals surface area contributed by atoms with Crippen LogP contribution < -0.4 is 10.2 Å². The standard InChI is InChI=1S/C19H21FN2O.2ClH/c1-2-22(18-11-12-18)17-9-3-14(4-10-17)13-21-19(23)15-5-7-16(20)8-6-15;;/h3-10,18H,2,11-13H2,1H3,(H,21,23);2*1H. The number of halogens is 3. The Bertz CT molecular complexity index is 673. The fourth-order valence-electron chi connectivity index (χ4n) is 2.73. The molecule has 136 valence electrons. The second-order valence-corrected chi connectivity index (χ2v) is 5.87. The monoisotopic (exact) mass is 384 g/mol. The fourth-order valence-corrected chi connectivity index (χ4v) is 2.73. The molecular weight excluding hydrogens is 362 g/mol. The summed E-state index contributed by atoms with van der Waals surface area (Å²) in [4.78, 5) is 14.4. The van der Waals surface area contributed by atoms with Gasteiger partial charge in [-0.25, -0.2) is 4.39 Å². The zero-order valence-electron chi connectivity index (χ0n) is 14.1. The molecule has 2 aromatic rings. The zero-order valence-corrected chi connectivity index (χ0v) is 15.7. The quantitative estimate of drug-likeness (QED) is 0.789. The molecule has 2 aromatic carbocycles. The van der Waals surface area contributed by atoms with Crippen molar-refractivity contribution in [3.05, 3.63) is 65.5 Å². The first kappa shape index (κ1) is 21.3. The van der Waals surface area contributed by atoms with Crippen LogP contribution in [0.15, 0.2) is 48.5 Å². The molecule has 1 aliphatic rings. The fraction of sp³-hybridized carbons (Fsp3) is 0.316. The third-order valence-corrected chi connectivity index (χ3v) is 4.16. The van der Waals surface area contributed by atoms with E-state index in [2.05, 4.69) is 29.3 Å². The number of amides is 1. The van der Waals surface area contributed by atoms with Crippen LogP contribution in [0.2, 0.25) is 0 Å². The van der Waals surface area contributed by atoms with E-state index in [1.54, 1.807) is 0 Å². The van der Waals surface area contributed by atoms with Crippen LogP contribution in [-0.4, -0.2) is 18.5 Å². The van der Waals surface area contributed by atoms with Crippen molar-refractivity contribution in [3.63, 3.8) is 0 Å².